The summed E-state index contributed by atoms with van der Waals surface area (Å²) in [7, 11) is 2.26. The molecule has 28 heavy (non-hydrogen) atoms. The largest absolute Gasteiger partial charge is 0.506 e. The summed E-state index contributed by atoms with van der Waals surface area (Å²) < 4.78 is 24.6. The first-order valence-corrected chi connectivity index (χ1v) is 8.30. The van der Waals surface area contributed by atoms with Crippen LogP contribution in [0.25, 0.3) is 16.9 Å². The second-order valence-corrected chi connectivity index (χ2v) is 5.99. The molecule has 0 atom stereocenters. The maximum absolute atomic E-state index is 13.9. The maximum Gasteiger partial charge on any atom is 0.357 e. The lowest BCUT2D eigenvalue weighted by Gasteiger charge is -2.07. The van der Waals surface area contributed by atoms with Gasteiger partial charge in [0.1, 0.15) is 22.8 Å². The molecule has 0 saturated carbocycles. The minimum absolute atomic E-state index is 0.176. The van der Waals surface area contributed by atoms with Gasteiger partial charge in [-0.1, -0.05) is 29.8 Å². The van der Waals surface area contributed by atoms with Crippen LogP contribution in [-0.4, -0.2) is 41.0 Å². The maximum atomic E-state index is 13.9. The Hall–Kier alpha value is -3.39. The minimum atomic E-state index is -0.919. The van der Waals surface area contributed by atoms with Gasteiger partial charge in [-0.3, -0.25) is 0 Å². The Morgan fingerprint density at radius 1 is 1.11 bits per heavy atom. The fourth-order valence-electron chi connectivity index (χ4n) is 2.69. The topological polar surface area (TPSA) is 90.6 Å². The van der Waals surface area contributed by atoms with Crippen LogP contribution in [0.15, 0.2) is 42.5 Å². The van der Waals surface area contributed by atoms with Gasteiger partial charge in [-0.15, -0.1) is 0 Å². The van der Waals surface area contributed by atoms with Crippen molar-refractivity contribution >= 4 is 23.5 Å². The van der Waals surface area contributed by atoms with Crippen molar-refractivity contribution in [3.05, 3.63) is 64.6 Å². The molecule has 0 aliphatic heterocycles. The third-order valence-corrected chi connectivity index (χ3v) is 4.23. The monoisotopic (exact) mass is 404 g/mol. The van der Waals surface area contributed by atoms with E-state index in [0.717, 1.165) is 31.0 Å². The van der Waals surface area contributed by atoms with Gasteiger partial charge in [0.15, 0.2) is 5.69 Å². The first-order chi connectivity index (χ1) is 13.4. The number of benzene rings is 2. The van der Waals surface area contributed by atoms with Crippen LogP contribution in [0, 0.1) is 5.82 Å². The zero-order valence-corrected chi connectivity index (χ0v) is 15.5. The molecule has 0 amide bonds. The number of phenolic OH excluding ortho intramolecular Hbond substituents is 1. The van der Waals surface area contributed by atoms with E-state index in [9.17, 15) is 19.1 Å². The summed E-state index contributed by atoms with van der Waals surface area (Å²) in [6.07, 6.45) is 0. The summed E-state index contributed by atoms with van der Waals surface area (Å²) in [6.45, 7) is 0. The van der Waals surface area contributed by atoms with Crippen LogP contribution in [0.3, 0.4) is 0 Å². The van der Waals surface area contributed by atoms with E-state index in [-0.39, 0.29) is 27.5 Å². The lowest BCUT2D eigenvalue weighted by Crippen LogP contribution is -2.15. The van der Waals surface area contributed by atoms with Gasteiger partial charge in [-0.25, -0.2) is 18.7 Å². The second kappa shape index (κ2) is 7.69. The number of methoxy groups -OCH3 is 2. The molecule has 1 heterocycles. The number of carbonyl (C=O) groups is 2. The Morgan fingerprint density at radius 3 is 2.36 bits per heavy atom. The van der Waals surface area contributed by atoms with E-state index >= 15 is 0 Å². The van der Waals surface area contributed by atoms with Crippen LogP contribution >= 0.6 is 11.6 Å². The summed E-state index contributed by atoms with van der Waals surface area (Å²) in [5.41, 5.74) is -0.466. The number of phenols is 1. The Balaban J connectivity index is 2.43. The van der Waals surface area contributed by atoms with Gasteiger partial charge in [0.2, 0.25) is 0 Å². The van der Waals surface area contributed by atoms with Gasteiger partial charge in [0.25, 0.3) is 0 Å². The third-order valence-electron chi connectivity index (χ3n) is 3.94. The summed E-state index contributed by atoms with van der Waals surface area (Å²) in [5.74, 6) is -3.05. The Labute approximate surface area is 163 Å². The quantitative estimate of drug-likeness (QED) is 0.668. The van der Waals surface area contributed by atoms with Gasteiger partial charge in [0.05, 0.1) is 24.9 Å². The molecular weight excluding hydrogens is 391 g/mol. The van der Waals surface area contributed by atoms with Crippen molar-refractivity contribution in [1.29, 1.82) is 0 Å². The average Bonchev–Trinajstić information content (AvgIpc) is 3.10. The molecule has 1 aromatic heterocycles. The molecule has 0 spiro atoms. The highest BCUT2D eigenvalue weighted by Crippen LogP contribution is 2.38. The third kappa shape index (κ3) is 3.29. The molecule has 0 aliphatic carbocycles. The van der Waals surface area contributed by atoms with Gasteiger partial charge >= 0.3 is 11.9 Å². The van der Waals surface area contributed by atoms with Crippen molar-refractivity contribution in [1.82, 2.24) is 9.78 Å². The highest BCUT2D eigenvalue weighted by molar-refractivity contribution is 6.32. The predicted molar refractivity (Wildman–Crippen MR) is 98.3 cm³/mol. The molecule has 2 aromatic carbocycles. The molecule has 144 valence electrons. The zero-order chi connectivity index (χ0) is 20.4. The van der Waals surface area contributed by atoms with Crippen LogP contribution in [0.4, 0.5) is 4.39 Å². The SMILES string of the molecule is COC(=O)c1c(-c2cc(F)cc(Cl)c2O)nn(-c2ccccc2)c1C(=O)OC. The van der Waals surface area contributed by atoms with E-state index in [4.69, 9.17) is 21.1 Å². The molecule has 0 saturated heterocycles. The average molecular weight is 405 g/mol. The summed E-state index contributed by atoms with van der Waals surface area (Å²) in [6, 6.07) is 10.3. The van der Waals surface area contributed by atoms with E-state index in [0.29, 0.717) is 5.69 Å². The predicted octanol–water partition coefficient (Wildman–Crippen LogP) is 3.61. The highest BCUT2D eigenvalue weighted by atomic mass is 35.5. The van der Waals surface area contributed by atoms with E-state index in [2.05, 4.69) is 5.10 Å². The Bertz CT molecular complexity index is 1070. The number of aromatic nitrogens is 2. The van der Waals surface area contributed by atoms with E-state index in [1.807, 2.05) is 0 Å². The number of halogens is 2. The van der Waals surface area contributed by atoms with Crippen molar-refractivity contribution < 1.29 is 28.6 Å². The summed E-state index contributed by atoms with van der Waals surface area (Å²) in [4.78, 5) is 24.9. The highest BCUT2D eigenvalue weighted by Gasteiger charge is 2.32. The van der Waals surface area contributed by atoms with E-state index in [1.165, 1.54) is 0 Å². The van der Waals surface area contributed by atoms with Crippen LogP contribution in [0.5, 0.6) is 5.75 Å². The number of rotatable bonds is 4. The fourth-order valence-corrected chi connectivity index (χ4v) is 2.90. The Morgan fingerprint density at radius 2 is 1.75 bits per heavy atom. The van der Waals surface area contributed by atoms with Crippen LogP contribution in [0.2, 0.25) is 5.02 Å². The molecule has 0 aliphatic rings. The molecule has 7 nitrogen and oxygen atoms in total. The van der Waals surface area contributed by atoms with Crippen LogP contribution in [0.1, 0.15) is 20.8 Å². The minimum Gasteiger partial charge on any atom is -0.506 e. The number of ether oxygens (including phenoxy) is 2. The standard InChI is InChI=1S/C19H14ClFN2O5/c1-27-18(25)14-15(12-8-10(21)9-13(20)17(12)24)22-23(16(14)19(26)28-2)11-6-4-3-5-7-11/h3-9,24H,1-2H3. The van der Waals surface area contributed by atoms with E-state index < -0.39 is 23.5 Å². The Kier molecular flexibility index (Phi) is 5.32. The first kappa shape index (κ1) is 19.4. The van der Waals surface area contributed by atoms with Crippen LogP contribution in [-0.2, 0) is 9.47 Å². The molecule has 3 rings (SSSR count). The summed E-state index contributed by atoms with van der Waals surface area (Å²) >= 11 is 5.86. The van der Waals surface area contributed by atoms with Gasteiger partial charge in [0, 0.05) is 5.56 Å². The lowest BCUT2D eigenvalue weighted by molar-refractivity contribution is 0.0549. The van der Waals surface area contributed by atoms with Crippen molar-refractivity contribution in [2.24, 2.45) is 0 Å². The molecule has 0 fully saturated rings. The van der Waals surface area contributed by atoms with E-state index in [1.54, 1.807) is 30.3 Å². The number of para-hydroxylation sites is 1. The number of aromatic hydroxyl groups is 1. The number of carbonyl (C=O) groups excluding carboxylic acids is 2. The van der Waals surface area contributed by atoms with Crippen molar-refractivity contribution in [3.63, 3.8) is 0 Å². The number of hydrogen-bond acceptors (Lipinski definition) is 6. The first-order valence-electron chi connectivity index (χ1n) is 7.92. The molecule has 0 unspecified atom stereocenters. The second-order valence-electron chi connectivity index (χ2n) is 5.59. The normalized spacial score (nSPS) is 10.6. The molecular formula is C19H14ClFN2O5. The van der Waals surface area contributed by atoms with Gasteiger partial charge in [-0.2, -0.15) is 5.10 Å². The number of hydrogen-bond donors (Lipinski definition) is 1. The van der Waals surface area contributed by atoms with Crippen molar-refractivity contribution in [3.8, 4) is 22.7 Å². The van der Waals surface area contributed by atoms with Gasteiger partial charge < -0.3 is 14.6 Å². The van der Waals surface area contributed by atoms with Crippen molar-refractivity contribution in [2.45, 2.75) is 0 Å². The molecule has 3 aromatic rings. The number of esters is 2. The lowest BCUT2D eigenvalue weighted by atomic mass is 10.0. The van der Waals surface area contributed by atoms with Gasteiger partial charge in [-0.05, 0) is 24.3 Å². The molecule has 1 N–H and O–H groups in total. The van der Waals surface area contributed by atoms with Crippen molar-refractivity contribution in [2.75, 3.05) is 14.2 Å². The smallest absolute Gasteiger partial charge is 0.357 e. The molecule has 0 bridgehead atoms. The molecule has 0 radical (unpaired) electrons. The fraction of sp³-hybridized carbons (Fsp3) is 0.105. The van der Waals surface area contributed by atoms with Crippen LogP contribution < -0.4 is 0 Å². The summed E-state index contributed by atoms with van der Waals surface area (Å²) in [5, 5.41) is 14.3. The zero-order valence-electron chi connectivity index (χ0n) is 14.8. The molecule has 9 heteroatoms. The number of nitrogens with zero attached hydrogens (tertiary/aromatic N) is 2.